The third kappa shape index (κ3) is 5.48. The van der Waals surface area contributed by atoms with Crippen molar-refractivity contribution in [3.63, 3.8) is 0 Å². The normalized spacial score (nSPS) is 11.8. The molecule has 0 aromatic carbocycles. The number of aryl methyl sites for hydroxylation is 1. The van der Waals surface area contributed by atoms with Crippen molar-refractivity contribution in [2.24, 2.45) is 0 Å². The van der Waals surface area contributed by atoms with Gasteiger partial charge in [0, 0.05) is 12.0 Å². The monoisotopic (exact) mass is 295 g/mol. The van der Waals surface area contributed by atoms with E-state index >= 15 is 0 Å². The van der Waals surface area contributed by atoms with Crippen molar-refractivity contribution in [2.75, 3.05) is 0 Å². The zero-order chi connectivity index (χ0) is 15.9. The van der Waals surface area contributed by atoms with Crippen molar-refractivity contribution < 1.29 is 9.90 Å². The molecule has 120 valence electrons. The Kier molecular flexibility index (Phi) is 6.85. The number of carbonyl (C=O) groups is 1. The van der Waals surface area contributed by atoms with Crippen LogP contribution in [0.2, 0.25) is 0 Å². The maximum Gasteiger partial charge on any atom is 0.358 e. The van der Waals surface area contributed by atoms with E-state index in [9.17, 15) is 9.90 Å². The molecule has 0 atom stereocenters. The summed E-state index contributed by atoms with van der Waals surface area (Å²) in [6.07, 6.45) is 8.62. The molecule has 0 fully saturated rings. The molecular weight excluding hydrogens is 266 g/mol. The molecule has 0 amide bonds. The van der Waals surface area contributed by atoms with E-state index in [1.165, 1.54) is 32.1 Å². The molecule has 0 aliphatic carbocycles. The second kappa shape index (κ2) is 8.15. The Morgan fingerprint density at radius 2 is 1.67 bits per heavy atom. The van der Waals surface area contributed by atoms with E-state index in [-0.39, 0.29) is 11.1 Å². The Morgan fingerprint density at radius 1 is 1.10 bits per heavy atom. The zero-order valence-electron chi connectivity index (χ0n) is 13.9. The molecule has 0 spiro atoms. The van der Waals surface area contributed by atoms with E-state index in [0.717, 1.165) is 25.1 Å². The number of rotatable bonds is 9. The van der Waals surface area contributed by atoms with Crippen LogP contribution in [0.4, 0.5) is 0 Å². The van der Waals surface area contributed by atoms with Gasteiger partial charge in [0.1, 0.15) is 0 Å². The Hall–Kier alpha value is -1.39. The van der Waals surface area contributed by atoms with E-state index in [0.29, 0.717) is 0 Å². The summed E-state index contributed by atoms with van der Waals surface area (Å²) in [5.74, 6) is -0.995. The van der Waals surface area contributed by atoms with Gasteiger partial charge in [0.15, 0.2) is 5.69 Å². The number of aromatic nitrogens is 3. The Balaban J connectivity index is 2.54. The summed E-state index contributed by atoms with van der Waals surface area (Å²) in [5, 5.41) is 17.1. The van der Waals surface area contributed by atoms with Crippen LogP contribution in [-0.4, -0.2) is 26.1 Å². The van der Waals surface area contributed by atoms with E-state index in [1.807, 2.05) is 20.8 Å². The molecule has 5 heteroatoms. The molecule has 0 saturated carbocycles. The smallest absolute Gasteiger partial charge is 0.358 e. The van der Waals surface area contributed by atoms with E-state index in [1.54, 1.807) is 4.68 Å². The Bertz CT molecular complexity index is 447. The standard InChI is InChI=1S/C16H29N3O2/c1-5-6-7-8-9-10-11-12-19-14(16(2,3)4)13(15(20)21)17-18-19/h5-12H2,1-4H3,(H,20,21). The van der Waals surface area contributed by atoms with Crippen molar-refractivity contribution in [3.8, 4) is 0 Å². The molecule has 21 heavy (non-hydrogen) atoms. The minimum atomic E-state index is -0.995. The average molecular weight is 295 g/mol. The molecule has 1 heterocycles. The molecule has 0 radical (unpaired) electrons. The molecule has 5 nitrogen and oxygen atoms in total. The highest BCUT2D eigenvalue weighted by Gasteiger charge is 2.28. The lowest BCUT2D eigenvalue weighted by Crippen LogP contribution is -2.22. The van der Waals surface area contributed by atoms with Gasteiger partial charge in [-0.15, -0.1) is 5.10 Å². The van der Waals surface area contributed by atoms with Crippen LogP contribution in [-0.2, 0) is 12.0 Å². The maximum absolute atomic E-state index is 11.2. The molecule has 0 bridgehead atoms. The second-order valence-corrected chi connectivity index (χ2v) is 6.69. The second-order valence-electron chi connectivity index (χ2n) is 6.69. The van der Waals surface area contributed by atoms with Crippen LogP contribution < -0.4 is 0 Å². The lowest BCUT2D eigenvalue weighted by atomic mass is 9.90. The van der Waals surface area contributed by atoms with Gasteiger partial charge in [-0.1, -0.05) is 71.4 Å². The summed E-state index contributed by atoms with van der Waals surface area (Å²) in [6, 6.07) is 0. The van der Waals surface area contributed by atoms with Crippen molar-refractivity contribution in [2.45, 2.75) is 84.6 Å². The van der Waals surface area contributed by atoms with Gasteiger partial charge < -0.3 is 5.11 Å². The molecule has 1 aromatic rings. The van der Waals surface area contributed by atoms with Gasteiger partial charge in [0.2, 0.25) is 0 Å². The molecule has 0 aliphatic rings. The minimum absolute atomic E-state index is 0.0884. The molecular formula is C16H29N3O2. The van der Waals surface area contributed by atoms with Crippen LogP contribution in [0.25, 0.3) is 0 Å². The number of hydrogen-bond donors (Lipinski definition) is 1. The van der Waals surface area contributed by atoms with Crippen LogP contribution in [0.5, 0.6) is 0 Å². The number of unbranched alkanes of at least 4 members (excludes halogenated alkanes) is 6. The first-order valence-electron chi connectivity index (χ1n) is 8.05. The fourth-order valence-corrected chi connectivity index (χ4v) is 2.57. The fourth-order valence-electron chi connectivity index (χ4n) is 2.57. The first-order valence-corrected chi connectivity index (χ1v) is 8.05. The van der Waals surface area contributed by atoms with Crippen LogP contribution >= 0.6 is 0 Å². The third-order valence-electron chi connectivity index (χ3n) is 3.62. The van der Waals surface area contributed by atoms with Gasteiger partial charge in [-0.25, -0.2) is 9.48 Å². The quantitative estimate of drug-likeness (QED) is 0.698. The Morgan fingerprint density at radius 3 is 2.19 bits per heavy atom. The minimum Gasteiger partial charge on any atom is -0.476 e. The highest BCUT2D eigenvalue weighted by molar-refractivity contribution is 5.86. The van der Waals surface area contributed by atoms with E-state index < -0.39 is 5.97 Å². The number of nitrogens with zero attached hydrogens (tertiary/aromatic N) is 3. The van der Waals surface area contributed by atoms with Crippen molar-refractivity contribution >= 4 is 5.97 Å². The topological polar surface area (TPSA) is 68.0 Å². The van der Waals surface area contributed by atoms with Crippen LogP contribution in [0.15, 0.2) is 0 Å². The highest BCUT2D eigenvalue weighted by Crippen LogP contribution is 2.25. The van der Waals surface area contributed by atoms with Crippen LogP contribution in [0.1, 0.15) is 88.8 Å². The number of aromatic carboxylic acids is 1. The largest absolute Gasteiger partial charge is 0.476 e. The molecule has 0 saturated heterocycles. The summed E-state index contributed by atoms with van der Waals surface area (Å²) in [7, 11) is 0. The molecule has 0 aliphatic heterocycles. The predicted octanol–water partition coefficient (Wildman–Crippen LogP) is 4.02. The van der Waals surface area contributed by atoms with Crippen LogP contribution in [0.3, 0.4) is 0 Å². The highest BCUT2D eigenvalue weighted by atomic mass is 16.4. The molecule has 1 aromatic heterocycles. The molecule has 1 rings (SSSR count). The average Bonchev–Trinajstić information content (AvgIpc) is 2.81. The summed E-state index contributed by atoms with van der Waals surface area (Å²) in [4.78, 5) is 11.2. The lowest BCUT2D eigenvalue weighted by molar-refractivity contribution is 0.0687. The van der Waals surface area contributed by atoms with E-state index in [4.69, 9.17) is 0 Å². The molecule has 1 N–H and O–H groups in total. The van der Waals surface area contributed by atoms with Crippen LogP contribution in [0, 0.1) is 0 Å². The first-order chi connectivity index (χ1) is 9.88. The zero-order valence-corrected chi connectivity index (χ0v) is 13.9. The van der Waals surface area contributed by atoms with Gasteiger partial charge in [-0.3, -0.25) is 0 Å². The van der Waals surface area contributed by atoms with Gasteiger partial charge >= 0.3 is 5.97 Å². The maximum atomic E-state index is 11.2. The summed E-state index contributed by atoms with van der Waals surface area (Å²) < 4.78 is 1.77. The van der Waals surface area contributed by atoms with E-state index in [2.05, 4.69) is 17.2 Å². The van der Waals surface area contributed by atoms with Crippen molar-refractivity contribution in [1.29, 1.82) is 0 Å². The van der Waals surface area contributed by atoms with Gasteiger partial charge in [0.25, 0.3) is 0 Å². The number of carboxylic acid groups (broad SMARTS) is 1. The fraction of sp³-hybridized carbons (Fsp3) is 0.812. The molecule has 0 unspecified atom stereocenters. The first kappa shape index (κ1) is 17.7. The Labute approximate surface area is 127 Å². The lowest BCUT2D eigenvalue weighted by Gasteiger charge is -2.20. The third-order valence-corrected chi connectivity index (χ3v) is 3.62. The summed E-state index contributed by atoms with van der Waals surface area (Å²) in [5.41, 5.74) is 0.546. The predicted molar refractivity (Wildman–Crippen MR) is 83.7 cm³/mol. The SMILES string of the molecule is CCCCCCCCCn1nnc(C(=O)O)c1C(C)(C)C. The number of hydrogen-bond acceptors (Lipinski definition) is 3. The van der Waals surface area contributed by atoms with Gasteiger partial charge in [-0.2, -0.15) is 0 Å². The number of carboxylic acids is 1. The van der Waals surface area contributed by atoms with Gasteiger partial charge in [-0.05, 0) is 6.42 Å². The van der Waals surface area contributed by atoms with Gasteiger partial charge in [0.05, 0.1) is 5.69 Å². The van der Waals surface area contributed by atoms with Crippen molar-refractivity contribution in [1.82, 2.24) is 15.0 Å². The van der Waals surface area contributed by atoms with Crippen molar-refractivity contribution in [3.05, 3.63) is 11.4 Å². The summed E-state index contributed by atoms with van der Waals surface area (Å²) >= 11 is 0. The summed E-state index contributed by atoms with van der Waals surface area (Å²) in [6.45, 7) is 8.97.